The molecule has 0 saturated carbocycles. The van der Waals surface area contributed by atoms with Crippen LogP contribution in [0.4, 0.5) is 5.69 Å². The highest BCUT2D eigenvalue weighted by molar-refractivity contribution is 5.97. The Morgan fingerprint density at radius 1 is 1.10 bits per heavy atom. The molecule has 5 nitrogen and oxygen atoms in total. The number of unbranched alkanes of at least 4 members (excludes halogenated alkanes) is 1. The summed E-state index contributed by atoms with van der Waals surface area (Å²) in [5.74, 6) is 1.37. The van der Waals surface area contributed by atoms with Gasteiger partial charge in [0.1, 0.15) is 5.75 Å². The van der Waals surface area contributed by atoms with Gasteiger partial charge in [0.2, 0.25) is 5.91 Å². The van der Waals surface area contributed by atoms with E-state index >= 15 is 0 Å². The molecule has 2 aromatic carbocycles. The molecule has 0 unspecified atom stereocenters. The van der Waals surface area contributed by atoms with E-state index in [1.807, 2.05) is 42.2 Å². The first kappa shape index (κ1) is 21.9. The Morgan fingerprint density at radius 3 is 2.43 bits per heavy atom. The Hall–Kier alpha value is -2.82. The zero-order valence-corrected chi connectivity index (χ0v) is 18.2. The quantitative estimate of drug-likeness (QED) is 0.689. The second-order valence-electron chi connectivity index (χ2n) is 8.02. The van der Waals surface area contributed by atoms with Crippen LogP contribution in [0.2, 0.25) is 0 Å². The third kappa shape index (κ3) is 5.41. The molecule has 1 aliphatic heterocycles. The Labute approximate surface area is 179 Å². The second-order valence-corrected chi connectivity index (χ2v) is 8.02. The number of amides is 2. The summed E-state index contributed by atoms with van der Waals surface area (Å²) in [6, 6.07) is 13.8. The van der Waals surface area contributed by atoms with Crippen LogP contribution in [0.15, 0.2) is 42.5 Å². The van der Waals surface area contributed by atoms with E-state index in [-0.39, 0.29) is 11.8 Å². The fraction of sp³-hybridized carbons (Fsp3) is 0.440. The number of rotatable bonds is 7. The molecule has 0 bridgehead atoms. The van der Waals surface area contributed by atoms with E-state index in [0.717, 1.165) is 55.8 Å². The standard InChI is InChI=1S/C25H32N2O3/c1-4-5-6-24(28)26-23-17-21(8-7-18(23)2)25(29)27-15-13-20(14-16-27)19-9-11-22(30-3)12-10-19/h7-12,17,20H,4-6,13-16H2,1-3H3,(H,26,28). The molecule has 1 aliphatic rings. The number of hydrogen-bond donors (Lipinski definition) is 1. The molecular formula is C25H32N2O3. The van der Waals surface area contributed by atoms with Crippen molar-refractivity contribution >= 4 is 17.5 Å². The third-order valence-corrected chi connectivity index (χ3v) is 5.89. The number of nitrogens with one attached hydrogen (secondary N) is 1. The first-order valence-corrected chi connectivity index (χ1v) is 10.9. The molecule has 1 saturated heterocycles. The zero-order chi connectivity index (χ0) is 21.5. The number of nitrogens with zero attached hydrogens (tertiary/aromatic N) is 1. The van der Waals surface area contributed by atoms with Crippen LogP contribution in [-0.2, 0) is 4.79 Å². The molecule has 5 heteroatoms. The first-order chi connectivity index (χ1) is 14.5. The van der Waals surface area contributed by atoms with Gasteiger partial charge in [0.05, 0.1) is 7.11 Å². The van der Waals surface area contributed by atoms with Crippen LogP contribution in [0, 0.1) is 6.92 Å². The van der Waals surface area contributed by atoms with Crippen LogP contribution >= 0.6 is 0 Å². The van der Waals surface area contributed by atoms with Crippen LogP contribution < -0.4 is 10.1 Å². The van der Waals surface area contributed by atoms with E-state index in [0.29, 0.717) is 17.9 Å². The minimum Gasteiger partial charge on any atom is -0.497 e. The highest BCUT2D eigenvalue weighted by Gasteiger charge is 2.25. The van der Waals surface area contributed by atoms with Gasteiger partial charge in [0.25, 0.3) is 5.91 Å². The summed E-state index contributed by atoms with van der Waals surface area (Å²) in [7, 11) is 1.67. The van der Waals surface area contributed by atoms with Crippen molar-refractivity contribution in [3.63, 3.8) is 0 Å². The van der Waals surface area contributed by atoms with Crippen molar-refractivity contribution in [3.05, 3.63) is 59.2 Å². The smallest absolute Gasteiger partial charge is 0.253 e. The Kier molecular flexibility index (Phi) is 7.50. The fourth-order valence-corrected chi connectivity index (χ4v) is 3.91. The summed E-state index contributed by atoms with van der Waals surface area (Å²) in [6.45, 7) is 5.49. The van der Waals surface area contributed by atoms with Gasteiger partial charge in [0.15, 0.2) is 0 Å². The first-order valence-electron chi connectivity index (χ1n) is 10.9. The van der Waals surface area contributed by atoms with Crippen molar-refractivity contribution in [2.24, 2.45) is 0 Å². The molecule has 0 radical (unpaired) electrons. The number of carbonyl (C=O) groups excluding carboxylic acids is 2. The van der Waals surface area contributed by atoms with Crippen molar-refractivity contribution in [2.45, 2.75) is 51.9 Å². The minimum absolute atomic E-state index is 0.00450. The van der Waals surface area contributed by atoms with Crippen LogP contribution in [0.3, 0.4) is 0 Å². The van der Waals surface area contributed by atoms with E-state index in [4.69, 9.17) is 4.74 Å². The molecule has 160 valence electrons. The number of hydrogen-bond acceptors (Lipinski definition) is 3. The monoisotopic (exact) mass is 408 g/mol. The van der Waals surface area contributed by atoms with Crippen molar-refractivity contribution in [1.82, 2.24) is 4.90 Å². The van der Waals surface area contributed by atoms with Crippen molar-refractivity contribution < 1.29 is 14.3 Å². The van der Waals surface area contributed by atoms with Gasteiger partial charge in [-0.25, -0.2) is 0 Å². The molecule has 0 spiro atoms. The Bertz CT molecular complexity index is 868. The Balaban J connectivity index is 1.61. The molecule has 0 atom stereocenters. The summed E-state index contributed by atoms with van der Waals surface area (Å²) in [6.07, 6.45) is 4.26. The van der Waals surface area contributed by atoms with Crippen molar-refractivity contribution in [3.8, 4) is 5.75 Å². The minimum atomic E-state index is 0.00450. The summed E-state index contributed by atoms with van der Waals surface area (Å²) in [5.41, 5.74) is 3.63. The molecule has 2 aromatic rings. The number of likely N-dealkylation sites (tertiary alicyclic amines) is 1. The van der Waals surface area contributed by atoms with Crippen LogP contribution in [0.1, 0.15) is 66.4 Å². The van der Waals surface area contributed by atoms with Gasteiger partial charge in [-0.1, -0.05) is 31.5 Å². The largest absolute Gasteiger partial charge is 0.497 e. The second kappa shape index (κ2) is 10.3. The predicted octanol–water partition coefficient (Wildman–Crippen LogP) is 5.15. The highest BCUT2D eigenvalue weighted by atomic mass is 16.5. The average Bonchev–Trinajstić information content (AvgIpc) is 2.79. The van der Waals surface area contributed by atoms with Gasteiger partial charge in [-0.2, -0.15) is 0 Å². The van der Waals surface area contributed by atoms with Gasteiger partial charge in [-0.15, -0.1) is 0 Å². The lowest BCUT2D eigenvalue weighted by molar-refractivity contribution is -0.116. The van der Waals surface area contributed by atoms with Gasteiger partial charge < -0.3 is 15.0 Å². The number of ether oxygens (including phenoxy) is 1. The lowest BCUT2D eigenvalue weighted by Crippen LogP contribution is -2.38. The Morgan fingerprint density at radius 2 is 1.80 bits per heavy atom. The van der Waals surface area contributed by atoms with Gasteiger partial charge in [0, 0.05) is 30.8 Å². The molecule has 2 amide bonds. The van der Waals surface area contributed by atoms with Gasteiger partial charge >= 0.3 is 0 Å². The molecule has 30 heavy (non-hydrogen) atoms. The number of anilines is 1. The topological polar surface area (TPSA) is 58.6 Å². The van der Waals surface area contributed by atoms with E-state index < -0.39 is 0 Å². The maximum absolute atomic E-state index is 13.0. The highest BCUT2D eigenvalue weighted by Crippen LogP contribution is 2.30. The maximum atomic E-state index is 13.0. The van der Waals surface area contributed by atoms with Crippen LogP contribution in [0.5, 0.6) is 5.75 Å². The van der Waals surface area contributed by atoms with E-state index in [1.54, 1.807) is 7.11 Å². The third-order valence-electron chi connectivity index (χ3n) is 5.89. The zero-order valence-electron chi connectivity index (χ0n) is 18.2. The number of carbonyl (C=O) groups is 2. The molecule has 1 N–H and O–H groups in total. The lowest BCUT2D eigenvalue weighted by Gasteiger charge is -2.32. The van der Waals surface area contributed by atoms with Gasteiger partial charge in [-0.3, -0.25) is 9.59 Å². The van der Waals surface area contributed by atoms with Crippen LogP contribution in [0.25, 0.3) is 0 Å². The summed E-state index contributed by atoms with van der Waals surface area (Å²) >= 11 is 0. The normalized spacial score (nSPS) is 14.4. The van der Waals surface area contributed by atoms with Crippen molar-refractivity contribution in [2.75, 3.05) is 25.5 Å². The van der Waals surface area contributed by atoms with Gasteiger partial charge in [-0.05, 0) is 67.5 Å². The maximum Gasteiger partial charge on any atom is 0.253 e. The fourth-order valence-electron chi connectivity index (χ4n) is 3.91. The average molecular weight is 409 g/mol. The predicted molar refractivity (Wildman–Crippen MR) is 120 cm³/mol. The van der Waals surface area contributed by atoms with E-state index in [9.17, 15) is 9.59 Å². The molecule has 1 heterocycles. The molecule has 0 aromatic heterocycles. The SMILES string of the molecule is CCCCC(=O)Nc1cc(C(=O)N2CCC(c3ccc(OC)cc3)CC2)ccc1C. The number of piperidine rings is 1. The summed E-state index contributed by atoms with van der Waals surface area (Å²) < 4.78 is 5.24. The number of methoxy groups -OCH3 is 1. The van der Waals surface area contributed by atoms with E-state index in [2.05, 4.69) is 24.4 Å². The summed E-state index contributed by atoms with van der Waals surface area (Å²) in [4.78, 5) is 27.1. The number of aryl methyl sites for hydroxylation is 1. The van der Waals surface area contributed by atoms with Crippen molar-refractivity contribution in [1.29, 1.82) is 0 Å². The number of benzene rings is 2. The lowest BCUT2D eigenvalue weighted by atomic mass is 9.89. The van der Waals surface area contributed by atoms with E-state index in [1.165, 1.54) is 5.56 Å². The summed E-state index contributed by atoms with van der Waals surface area (Å²) in [5, 5.41) is 2.96. The molecule has 0 aliphatic carbocycles. The van der Waals surface area contributed by atoms with Crippen LogP contribution in [-0.4, -0.2) is 36.9 Å². The molecular weight excluding hydrogens is 376 g/mol. The molecule has 1 fully saturated rings. The molecule has 3 rings (SSSR count).